The molecule has 0 aromatic carbocycles. The topological polar surface area (TPSA) is 59.9 Å². The SMILES string of the molecule is COc1cc(CNc2cc(F)ncn2)ccn1. The van der Waals surface area contributed by atoms with Gasteiger partial charge in [0.2, 0.25) is 11.8 Å². The fraction of sp³-hybridized carbons (Fsp3) is 0.182. The fourth-order valence-electron chi connectivity index (χ4n) is 1.29. The van der Waals surface area contributed by atoms with Gasteiger partial charge < -0.3 is 10.1 Å². The molecule has 0 atom stereocenters. The zero-order valence-electron chi connectivity index (χ0n) is 9.22. The number of rotatable bonds is 4. The third kappa shape index (κ3) is 3.10. The van der Waals surface area contributed by atoms with Crippen LogP contribution in [-0.4, -0.2) is 22.1 Å². The van der Waals surface area contributed by atoms with Crippen LogP contribution in [-0.2, 0) is 6.54 Å². The van der Waals surface area contributed by atoms with Gasteiger partial charge in [-0.05, 0) is 11.6 Å². The van der Waals surface area contributed by atoms with Crippen molar-refractivity contribution in [1.29, 1.82) is 0 Å². The van der Waals surface area contributed by atoms with E-state index in [9.17, 15) is 4.39 Å². The molecule has 88 valence electrons. The van der Waals surface area contributed by atoms with Gasteiger partial charge in [-0.1, -0.05) is 0 Å². The van der Waals surface area contributed by atoms with Crippen molar-refractivity contribution in [3.63, 3.8) is 0 Å². The Morgan fingerprint density at radius 3 is 2.94 bits per heavy atom. The molecule has 0 fully saturated rings. The van der Waals surface area contributed by atoms with E-state index in [1.165, 1.54) is 12.4 Å². The van der Waals surface area contributed by atoms with Gasteiger partial charge in [0.1, 0.15) is 12.1 Å². The maximum atomic E-state index is 12.8. The van der Waals surface area contributed by atoms with Crippen LogP contribution in [0.25, 0.3) is 0 Å². The molecule has 0 spiro atoms. The quantitative estimate of drug-likeness (QED) is 0.815. The molecule has 17 heavy (non-hydrogen) atoms. The summed E-state index contributed by atoms with van der Waals surface area (Å²) in [7, 11) is 1.55. The maximum absolute atomic E-state index is 12.8. The number of nitrogens with zero attached hydrogens (tertiary/aromatic N) is 3. The minimum atomic E-state index is -0.560. The molecule has 2 heterocycles. The Morgan fingerprint density at radius 2 is 2.18 bits per heavy atom. The second kappa shape index (κ2) is 5.20. The number of anilines is 1. The summed E-state index contributed by atoms with van der Waals surface area (Å²) in [6.45, 7) is 0.509. The van der Waals surface area contributed by atoms with Gasteiger partial charge in [-0.3, -0.25) is 0 Å². The first-order chi connectivity index (χ1) is 8.28. The lowest BCUT2D eigenvalue weighted by molar-refractivity contribution is 0.397. The fourth-order valence-corrected chi connectivity index (χ4v) is 1.29. The van der Waals surface area contributed by atoms with Crippen LogP contribution in [0.4, 0.5) is 10.2 Å². The van der Waals surface area contributed by atoms with Crippen LogP contribution in [0, 0.1) is 5.95 Å². The largest absolute Gasteiger partial charge is 0.481 e. The highest BCUT2D eigenvalue weighted by molar-refractivity contribution is 5.34. The number of ether oxygens (including phenoxy) is 1. The molecule has 0 aliphatic heterocycles. The van der Waals surface area contributed by atoms with Gasteiger partial charge in [-0.15, -0.1) is 0 Å². The summed E-state index contributed by atoms with van der Waals surface area (Å²) in [6, 6.07) is 4.87. The summed E-state index contributed by atoms with van der Waals surface area (Å²) in [5.74, 6) is 0.418. The van der Waals surface area contributed by atoms with E-state index in [2.05, 4.69) is 20.3 Å². The average Bonchev–Trinajstić information content (AvgIpc) is 2.37. The van der Waals surface area contributed by atoms with E-state index in [4.69, 9.17) is 4.74 Å². The Hall–Kier alpha value is -2.24. The first-order valence-electron chi connectivity index (χ1n) is 4.98. The highest BCUT2D eigenvalue weighted by Gasteiger charge is 1.99. The first kappa shape index (κ1) is 11.3. The van der Waals surface area contributed by atoms with Crippen LogP contribution >= 0.6 is 0 Å². The molecule has 0 amide bonds. The number of hydrogen-bond acceptors (Lipinski definition) is 5. The zero-order valence-corrected chi connectivity index (χ0v) is 9.22. The van der Waals surface area contributed by atoms with Crippen molar-refractivity contribution in [2.75, 3.05) is 12.4 Å². The molecule has 6 heteroatoms. The number of nitrogens with one attached hydrogen (secondary N) is 1. The number of pyridine rings is 1. The lowest BCUT2D eigenvalue weighted by Crippen LogP contribution is -2.02. The summed E-state index contributed by atoms with van der Waals surface area (Å²) >= 11 is 0. The van der Waals surface area contributed by atoms with Gasteiger partial charge in [-0.25, -0.2) is 15.0 Å². The normalized spacial score (nSPS) is 10.0. The second-order valence-corrected chi connectivity index (χ2v) is 3.29. The Kier molecular flexibility index (Phi) is 3.44. The predicted molar refractivity (Wildman–Crippen MR) is 60.1 cm³/mol. The van der Waals surface area contributed by atoms with Crippen LogP contribution in [0.1, 0.15) is 5.56 Å². The molecular weight excluding hydrogens is 223 g/mol. The zero-order chi connectivity index (χ0) is 12.1. The predicted octanol–water partition coefficient (Wildman–Crippen LogP) is 1.63. The molecule has 0 aliphatic carbocycles. The van der Waals surface area contributed by atoms with E-state index in [-0.39, 0.29) is 0 Å². The monoisotopic (exact) mass is 234 g/mol. The van der Waals surface area contributed by atoms with Crippen LogP contribution in [0.3, 0.4) is 0 Å². The lowest BCUT2D eigenvalue weighted by Gasteiger charge is -2.06. The molecule has 0 radical (unpaired) electrons. The molecular formula is C11H11FN4O. The summed E-state index contributed by atoms with van der Waals surface area (Å²) in [4.78, 5) is 11.3. The van der Waals surface area contributed by atoms with Crippen molar-refractivity contribution in [2.45, 2.75) is 6.54 Å². The van der Waals surface area contributed by atoms with Gasteiger partial charge >= 0.3 is 0 Å². The lowest BCUT2D eigenvalue weighted by atomic mass is 10.2. The van der Waals surface area contributed by atoms with E-state index < -0.39 is 5.95 Å². The second-order valence-electron chi connectivity index (χ2n) is 3.29. The van der Waals surface area contributed by atoms with E-state index in [0.29, 0.717) is 18.2 Å². The van der Waals surface area contributed by atoms with Gasteiger partial charge in [0, 0.05) is 24.9 Å². The van der Waals surface area contributed by atoms with Crippen molar-refractivity contribution in [2.24, 2.45) is 0 Å². The molecule has 0 saturated carbocycles. The average molecular weight is 234 g/mol. The highest BCUT2D eigenvalue weighted by Crippen LogP contribution is 2.10. The number of aromatic nitrogens is 3. The van der Waals surface area contributed by atoms with E-state index in [1.54, 1.807) is 19.4 Å². The molecule has 2 aromatic rings. The third-order valence-corrected chi connectivity index (χ3v) is 2.12. The molecule has 0 saturated heterocycles. The Morgan fingerprint density at radius 1 is 1.29 bits per heavy atom. The standard InChI is InChI=1S/C11H11FN4O/c1-17-11-4-8(2-3-13-11)6-14-10-5-9(12)15-7-16-10/h2-5,7H,6H2,1H3,(H,14,15,16). The smallest absolute Gasteiger partial charge is 0.217 e. The summed E-state index contributed by atoms with van der Waals surface area (Å²) in [6.07, 6.45) is 2.82. The van der Waals surface area contributed by atoms with Gasteiger partial charge in [0.05, 0.1) is 7.11 Å². The van der Waals surface area contributed by atoms with E-state index in [0.717, 1.165) is 5.56 Å². The Labute approximate surface area is 97.7 Å². The molecule has 0 unspecified atom stereocenters. The molecule has 2 aromatic heterocycles. The number of hydrogen-bond donors (Lipinski definition) is 1. The maximum Gasteiger partial charge on any atom is 0.217 e. The van der Waals surface area contributed by atoms with Crippen LogP contribution < -0.4 is 10.1 Å². The summed E-state index contributed by atoms with van der Waals surface area (Å²) in [5, 5.41) is 2.98. The molecule has 0 aliphatic rings. The summed E-state index contributed by atoms with van der Waals surface area (Å²) < 4.78 is 17.8. The highest BCUT2D eigenvalue weighted by atomic mass is 19.1. The minimum Gasteiger partial charge on any atom is -0.481 e. The van der Waals surface area contributed by atoms with Crippen LogP contribution in [0.2, 0.25) is 0 Å². The first-order valence-corrected chi connectivity index (χ1v) is 4.98. The third-order valence-electron chi connectivity index (χ3n) is 2.12. The van der Waals surface area contributed by atoms with Crippen molar-refractivity contribution in [3.8, 4) is 5.88 Å². The molecule has 1 N–H and O–H groups in total. The molecule has 5 nitrogen and oxygen atoms in total. The van der Waals surface area contributed by atoms with Crippen molar-refractivity contribution in [3.05, 3.63) is 42.2 Å². The van der Waals surface area contributed by atoms with E-state index in [1.807, 2.05) is 6.07 Å². The van der Waals surface area contributed by atoms with Crippen molar-refractivity contribution in [1.82, 2.24) is 15.0 Å². The Balaban J connectivity index is 2.02. The molecule has 2 rings (SSSR count). The number of methoxy groups -OCH3 is 1. The van der Waals surface area contributed by atoms with Crippen LogP contribution in [0.15, 0.2) is 30.7 Å². The van der Waals surface area contributed by atoms with Crippen molar-refractivity contribution >= 4 is 5.82 Å². The summed E-state index contributed by atoms with van der Waals surface area (Å²) in [5.41, 5.74) is 0.968. The Bertz CT molecular complexity index is 506. The van der Waals surface area contributed by atoms with Gasteiger partial charge in [0.15, 0.2) is 0 Å². The molecule has 0 bridgehead atoms. The van der Waals surface area contributed by atoms with E-state index >= 15 is 0 Å². The van der Waals surface area contributed by atoms with Crippen molar-refractivity contribution < 1.29 is 9.13 Å². The van der Waals surface area contributed by atoms with Gasteiger partial charge in [-0.2, -0.15) is 4.39 Å². The van der Waals surface area contributed by atoms with Crippen LogP contribution in [0.5, 0.6) is 5.88 Å². The number of halogens is 1. The van der Waals surface area contributed by atoms with Gasteiger partial charge in [0.25, 0.3) is 0 Å². The minimum absolute atomic E-state index is 0.438.